The molecule has 5 nitrogen and oxygen atoms in total. The minimum Gasteiger partial charge on any atom is -0.323 e. The Hall–Kier alpha value is -1.88. The molecule has 0 saturated heterocycles. The molecule has 0 unspecified atom stereocenters. The van der Waals surface area contributed by atoms with Gasteiger partial charge in [-0.1, -0.05) is 0 Å². The number of hydrogen-bond donors (Lipinski definition) is 1. The topological polar surface area (TPSA) is 77.6 Å². The fraction of sp³-hybridized carbons (Fsp3) is 0.200. The molecular weight excluding hydrogens is 190 g/mol. The van der Waals surface area contributed by atoms with E-state index in [1.54, 1.807) is 31.0 Å². The number of nitrogens with zero attached hydrogens (tertiary/aromatic N) is 4. The van der Waals surface area contributed by atoms with E-state index in [4.69, 9.17) is 5.73 Å². The van der Waals surface area contributed by atoms with Gasteiger partial charge >= 0.3 is 0 Å². The fourth-order valence-corrected chi connectivity index (χ4v) is 1.30. The quantitative estimate of drug-likeness (QED) is 0.782. The van der Waals surface area contributed by atoms with Gasteiger partial charge in [0.05, 0.1) is 11.9 Å². The van der Waals surface area contributed by atoms with Crippen molar-refractivity contribution in [1.82, 2.24) is 19.9 Å². The Morgan fingerprint density at radius 2 is 1.80 bits per heavy atom. The summed E-state index contributed by atoms with van der Waals surface area (Å²) in [5.74, 6) is 0. The SMILES string of the molecule is C[C@H](N)c1nccnc1-c1cnccn1. The van der Waals surface area contributed by atoms with Gasteiger partial charge in [0.1, 0.15) is 11.4 Å². The van der Waals surface area contributed by atoms with Gasteiger partial charge in [0, 0.05) is 30.8 Å². The van der Waals surface area contributed by atoms with E-state index in [1.807, 2.05) is 6.92 Å². The third-order valence-electron chi connectivity index (χ3n) is 1.96. The first-order valence-corrected chi connectivity index (χ1v) is 4.62. The van der Waals surface area contributed by atoms with Crippen LogP contribution in [0.15, 0.2) is 31.0 Å². The Balaban J connectivity index is 2.53. The second-order valence-electron chi connectivity index (χ2n) is 3.17. The van der Waals surface area contributed by atoms with Crippen LogP contribution < -0.4 is 5.73 Å². The maximum Gasteiger partial charge on any atom is 0.113 e. The Labute approximate surface area is 87.4 Å². The van der Waals surface area contributed by atoms with Crippen LogP contribution in [-0.4, -0.2) is 19.9 Å². The van der Waals surface area contributed by atoms with Crippen LogP contribution >= 0.6 is 0 Å². The Bertz CT molecular complexity index is 441. The highest BCUT2D eigenvalue weighted by atomic mass is 14.9. The van der Waals surface area contributed by atoms with Crippen molar-refractivity contribution in [2.24, 2.45) is 5.73 Å². The number of aromatic nitrogens is 4. The molecule has 0 amide bonds. The second-order valence-corrected chi connectivity index (χ2v) is 3.17. The molecule has 76 valence electrons. The van der Waals surface area contributed by atoms with Crippen LogP contribution in [0.5, 0.6) is 0 Å². The van der Waals surface area contributed by atoms with Crippen LogP contribution in [-0.2, 0) is 0 Å². The highest BCUT2D eigenvalue weighted by Gasteiger charge is 2.11. The zero-order valence-corrected chi connectivity index (χ0v) is 8.33. The summed E-state index contributed by atoms with van der Waals surface area (Å²) in [4.78, 5) is 16.6. The number of hydrogen-bond acceptors (Lipinski definition) is 5. The maximum atomic E-state index is 5.80. The lowest BCUT2D eigenvalue weighted by molar-refractivity contribution is 0.774. The van der Waals surface area contributed by atoms with Crippen LogP contribution in [0, 0.1) is 0 Å². The summed E-state index contributed by atoms with van der Waals surface area (Å²) in [5.41, 5.74) is 7.92. The maximum absolute atomic E-state index is 5.80. The summed E-state index contributed by atoms with van der Waals surface area (Å²) in [6, 6.07) is -0.171. The lowest BCUT2D eigenvalue weighted by Gasteiger charge is -2.08. The van der Waals surface area contributed by atoms with Gasteiger partial charge in [0.2, 0.25) is 0 Å². The van der Waals surface area contributed by atoms with Crippen molar-refractivity contribution in [3.8, 4) is 11.4 Å². The largest absolute Gasteiger partial charge is 0.323 e. The van der Waals surface area contributed by atoms with Crippen molar-refractivity contribution in [1.29, 1.82) is 0 Å². The molecular formula is C10H11N5. The molecule has 2 aromatic heterocycles. The zero-order valence-electron chi connectivity index (χ0n) is 8.33. The summed E-state index contributed by atoms with van der Waals surface area (Å²) in [6.07, 6.45) is 8.13. The average molecular weight is 201 g/mol. The summed E-state index contributed by atoms with van der Waals surface area (Å²) in [5, 5.41) is 0. The first kappa shape index (κ1) is 9.67. The minimum absolute atomic E-state index is 0.171. The highest BCUT2D eigenvalue weighted by Crippen LogP contribution is 2.19. The monoisotopic (exact) mass is 201 g/mol. The van der Waals surface area contributed by atoms with Crippen LogP contribution in [0.4, 0.5) is 0 Å². The molecule has 2 aromatic rings. The van der Waals surface area contributed by atoms with Gasteiger partial charge in [0.15, 0.2) is 0 Å². The molecule has 0 spiro atoms. The third-order valence-corrected chi connectivity index (χ3v) is 1.96. The third kappa shape index (κ3) is 1.97. The van der Waals surface area contributed by atoms with Gasteiger partial charge in [0.25, 0.3) is 0 Å². The second kappa shape index (κ2) is 4.10. The molecule has 0 aliphatic heterocycles. The lowest BCUT2D eigenvalue weighted by Crippen LogP contribution is -2.10. The van der Waals surface area contributed by atoms with Crippen LogP contribution in [0.25, 0.3) is 11.4 Å². The molecule has 2 heterocycles. The van der Waals surface area contributed by atoms with Crippen molar-refractivity contribution in [2.75, 3.05) is 0 Å². The van der Waals surface area contributed by atoms with E-state index in [0.29, 0.717) is 11.4 Å². The summed E-state index contributed by atoms with van der Waals surface area (Å²) < 4.78 is 0. The smallest absolute Gasteiger partial charge is 0.113 e. The van der Waals surface area contributed by atoms with Crippen LogP contribution in [0.2, 0.25) is 0 Å². The van der Waals surface area contributed by atoms with E-state index < -0.39 is 0 Å². The van der Waals surface area contributed by atoms with Crippen molar-refractivity contribution in [3.63, 3.8) is 0 Å². The van der Waals surface area contributed by atoms with Gasteiger partial charge in [-0.25, -0.2) is 0 Å². The molecule has 1 atom stereocenters. The first-order chi connectivity index (χ1) is 7.29. The minimum atomic E-state index is -0.171. The molecule has 0 aliphatic rings. The Kier molecular flexibility index (Phi) is 2.64. The number of nitrogens with two attached hydrogens (primary N) is 1. The molecule has 15 heavy (non-hydrogen) atoms. The first-order valence-electron chi connectivity index (χ1n) is 4.62. The molecule has 0 aliphatic carbocycles. The standard InChI is InChI=1S/C10H11N5/c1-7(11)9-10(15-5-4-14-9)8-6-12-2-3-13-8/h2-7H,11H2,1H3/t7-/m0/s1. The summed E-state index contributed by atoms with van der Waals surface area (Å²) >= 11 is 0. The van der Waals surface area contributed by atoms with Crippen molar-refractivity contribution in [3.05, 3.63) is 36.7 Å². The Morgan fingerprint density at radius 1 is 1.07 bits per heavy atom. The van der Waals surface area contributed by atoms with Gasteiger partial charge in [-0.2, -0.15) is 0 Å². The molecule has 0 aromatic carbocycles. The fourth-order valence-electron chi connectivity index (χ4n) is 1.30. The van der Waals surface area contributed by atoms with E-state index in [1.165, 1.54) is 0 Å². The lowest BCUT2D eigenvalue weighted by atomic mass is 10.1. The molecule has 0 radical (unpaired) electrons. The molecule has 0 saturated carbocycles. The van der Waals surface area contributed by atoms with E-state index in [0.717, 1.165) is 5.69 Å². The van der Waals surface area contributed by atoms with E-state index in [9.17, 15) is 0 Å². The molecule has 5 heteroatoms. The van der Waals surface area contributed by atoms with Gasteiger partial charge in [-0.05, 0) is 6.92 Å². The normalized spacial score (nSPS) is 12.4. The molecule has 0 fully saturated rings. The molecule has 2 rings (SSSR count). The van der Waals surface area contributed by atoms with Gasteiger partial charge in [-0.3, -0.25) is 19.9 Å². The average Bonchev–Trinajstić information content (AvgIpc) is 2.30. The van der Waals surface area contributed by atoms with Gasteiger partial charge < -0.3 is 5.73 Å². The van der Waals surface area contributed by atoms with Gasteiger partial charge in [-0.15, -0.1) is 0 Å². The molecule has 2 N–H and O–H groups in total. The van der Waals surface area contributed by atoms with Crippen LogP contribution in [0.3, 0.4) is 0 Å². The van der Waals surface area contributed by atoms with E-state index in [-0.39, 0.29) is 6.04 Å². The molecule has 0 bridgehead atoms. The summed E-state index contributed by atoms with van der Waals surface area (Å²) in [6.45, 7) is 1.86. The predicted octanol–water partition coefficient (Wildman–Crippen LogP) is 0.953. The van der Waals surface area contributed by atoms with Crippen LogP contribution in [0.1, 0.15) is 18.7 Å². The zero-order chi connectivity index (χ0) is 10.7. The van der Waals surface area contributed by atoms with E-state index >= 15 is 0 Å². The van der Waals surface area contributed by atoms with Crippen molar-refractivity contribution >= 4 is 0 Å². The van der Waals surface area contributed by atoms with Crippen molar-refractivity contribution < 1.29 is 0 Å². The van der Waals surface area contributed by atoms with E-state index in [2.05, 4.69) is 19.9 Å². The van der Waals surface area contributed by atoms with Crippen molar-refractivity contribution in [2.45, 2.75) is 13.0 Å². The predicted molar refractivity (Wildman–Crippen MR) is 55.7 cm³/mol. The highest BCUT2D eigenvalue weighted by molar-refractivity contribution is 5.55. The number of rotatable bonds is 2. The summed E-state index contributed by atoms with van der Waals surface area (Å²) in [7, 11) is 0. The Morgan fingerprint density at radius 3 is 2.47 bits per heavy atom.